The zero-order chi connectivity index (χ0) is 24.4. The smallest absolute Gasteiger partial charge is 0.255 e. The molecule has 1 amide bonds. The maximum atomic E-state index is 13.6. The lowest BCUT2D eigenvalue weighted by Crippen LogP contribution is -2.31. The van der Waals surface area contributed by atoms with Gasteiger partial charge in [0.15, 0.2) is 5.82 Å². The first-order chi connectivity index (χ1) is 17.1. The molecule has 0 saturated heterocycles. The summed E-state index contributed by atoms with van der Waals surface area (Å²) in [6.45, 7) is 1.85. The number of hydrogen-bond acceptors (Lipinski definition) is 7. The van der Waals surface area contributed by atoms with Gasteiger partial charge in [-0.25, -0.2) is 4.68 Å². The first-order valence-electron chi connectivity index (χ1n) is 11.0. The summed E-state index contributed by atoms with van der Waals surface area (Å²) in [5.74, 6) is 2.00. The predicted octanol–water partition coefficient (Wildman–Crippen LogP) is 4.28. The van der Waals surface area contributed by atoms with E-state index in [4.69, 9.17) is 19.6 Å². The highest BCUT2D eigenvalue weighted by atomic mass is 16.5. The number of nitrogens with zero attached hydrogens (tertiary/aromatic N) is 4. The summed E-state index contributed by atoms with van der Waals surface area (Å²) in [6.07, 6.45) is 3.25. The van der Waals surface area contributed by atoms with Gasteiger partial charge in [0, 0.05) is 17.5 Å². The van der Waals surface area contributed by atoms with E-state index in [1.54, 1.807) is 43.4 Å². The van der Waals surface area contributed by atoms with Crippen LogP contribution in [0, 0.1) is 0 Å². The zero-order valence-electron chi connectivity index (χ0n) is 19.5. The molecule has 0 unspecified atom stereocenters. The van der Waals surface area contributed by atoms with E-state index in [9.17, 15) is 4.79 Å². The summed E-state index contributed by atoms with van der Waals surface area (Å²) in [4.78, 5) is 22.4. The Labute approximate surface area is 202 Å². The molecule has 5 rings (SSSR count). The van der Waals surface area contributed by atoms with Gasteiger partial charge in [0.05, 0.1) is 37.2 Å². The van der Waals surface area contributed by atoms with Crippen molar-refractivity contribution in [3.05, 3.63) is 89.9 Å². The second-order valence-corrected chi connectivity index (χ2v) is 7.91. The fourth-order valence-corrected chi connectivity index (χ4v) is 4.20. The molecule has 1 aliphatic rings. The minimum atomic E-state index is -0.588. The Hall–Kier alpha value is -4.66. The van der Waals surface area contributed by atoms with Crippen LogP contribution < -0.4 is 20.1 Å². The van der Waals surface area contributed by atoms with Crippen molar-refractivity contribution >= 4 is 17.5 Å². The monoisotopic (exact) mass is 468 g/mol. The molecule has 2 aromatic heterocycles. The van der Waals surface area contributed by atoms with Gasteiger partial charge >= 0.3 is 0 Å². The van der Waals surface area contributed by atoms with Crippen LogP contribution in [0.1, 0.15) is 18.5 Å². The van der Waals surface area contributed by atoms with Gasteiger partial charge in [-0.05, 0) is 37.3 Å². The number of nitrogens with one attached hydrogen (secondary N) is 2. The minimum absolute atomic E-state index is 0.279. The third-order valence-corrected chi connectivity index (χ3v) is 5.80. The molecular weight excluding hydrogens is 444 g/mol. The Balaban J connectivity index is 1.65. The molecule has 0 aliphatic carbocycles. The van der Waals surface area contributed by atoms with Gasteiger partial charge < -0.3 is 20.1 Å². The number of pyridine rings is 1. The minimum Gasteiger partial charge on any atom is -0.496 e. The number of ether oxygens (including phenoxy) is 2. The molecule has 9 nitrogen and oxygen atoms in total. The van der Waals surface area contributed by atoms with Crippen molar-refractivity contribution in [2.75, 3.05) is 24.9 Å². The lowest BCUT2D eigenvalue weighted by molar-refractivity contribution is -0.113. The molecule has 2 N–H and O–H groups in total. The average molecular weight is 469 g/mol. The van der Waals surface area contributed by atoms with E-state index in [1.807, 2.05) is 55.5 Å². The molecule has 9 heteroatoms. The van der Waals surface area contributed by atoms with E-state index >= 15 is 0 Å². The number of rotatable bonds is 6. The van der Waals surface area contributed by atoms with Gasteiger partial charge in [0.25, 0.3) is 5.91 Å². The summed E-state index contributed by atoms with van der Waals surface area (Å²) in [7, 11) is 3.21. The van der Waals surface area contributed by atoms with E-state index in [1.165, 1.54) is 0 Å². The molecule has 3 heterocycles. The second kappa shape index (κ2) is 9.30. The third kappa shape index (κ3) is 4.08. The van der Waals surface area contributed by atoms with Crippen LogP contribution in [0.2, 0.25) is 0 Å². The number of hydrogen-bond donors (Lipinski definition) is 2. The van der Waals surface area contributed by atoms with Crippen LogP contribution in [0.3, 0.4) is 0 Å². The van der Waals surface area contributed by atoms with Crippen molar-refractivity contribution in [1.82, 2.24) is 19.7 Å². The second-order valence-electron chi connectivity index (χ2n) is 7.91. The van der Waals surface area contributed by atoms with Crippen LogP contribution in [0.25, 0.3) is 11.4 Å². The molecule has 0 bridgehead atoms. The van der Waals surface area contributed by atoms with Gasteiger partial charge in [-0.3, -0.25) is 9.78 Å². The summed E-state index contributed by atoms with van der Waals surface area (Å²) < 4.78 is 12.9. The van der Waals surface area contributed by atoms with Crippen LogP contribution in [0.5, 0.6) is 11.5 Å². The first kappa shape index (κ1) is 22.1. The number of anilines is 2. The predicted molar refractivity (Wildman–Crippen MR) is 132 cm³/mol. The van der Waals surface area contributed by atoms with Crippen molar-refractivity contribution in [3.63, 3.8) is 0 Å². The summed E-state index contributed by atoms with van der Waals surface area (Å²) >= 11 is 0. The average Bonchev–Trinajstić information content (AvgIpc) is 3.31. The number of para-hydroxylation sites is 2. The Morgan fingerprint density at radius 3 is 2.49 bits per heavy atom. The molecular formula is C26H24N6O3. The summed E-state index contributed by atoms with van der Waals surface area (Å²) in [5.41, 5.74) is 3.27. The maximum absolute atomic E-state index is 13.6. The van der Waals surface area contributed by atoms with Gasteiger partial charge in [0.1, 0.15) is 17.5 Å². The summed E-state index contributed by atoms with van der Waals surface area (Å²) in [6, 6.07) is 18.1. The molecule has 0 fully saturated rings. The van der Waals surface area contributed by atoms with Crippen LogP contribution in [-0.2, 0) is 4.79 Å². The maximum Gasteiger partial charge on any atom is 0.255 e. The van der Waals surface area contributed by atoms with Gasteiger partial charge in [0.2, 0.25) is 5.95 Å². The summed E-state index contributed by atoms with van der Waals surface area (Å²) in [5, 5.41) is 11.0. The lowest BCUT2D eigenvalue weighted by Gasteiger charge is -2.29. The highest BCUT2D eigenvalue weighted by molar-refractivity contribution is 6.06. The van der Waals surface area contributed by atoms with Crippen molar-refractivity contribution in [3.8, 4) is 22.9 Å². The fraction of sp³-hybridized carbons (Fsp3) is 0.154. The molecule has 2 aromatic carbocycles. The lowest BCUT2D eigenvalue weighted by atomic mass is 9.94. The van der Waals surface area contributed by atoms with Crippen molar-refractivity contribution < 1.29 is 14.3 Å². The fourth-order valence-electron chi connectivity index (χ4n) is 4.20. The van der Waals surface area contributed by atoms with Crippen LogP contribution in [-0.4, -0.2) is 39.9 Å². The van der Waals surface area contributed by atoms with Crippen LogP contribution in [0.4, 0.5) is 11.6 Å². The van der Waals surface area contributed by atoms with E-state index in [0.717, 1.165) is 11.1 Å². The van der Waals surface area contributed by atoms with Crippen molar-refractivity contribution in [2.45, 2.75) is 13.0 Å². The van der Waals surface area contributed by atoms with E-state index in [0.29, 0.717) is 40.2 Å². The number of carbonyl (C=O) groups excluding carboxylic acids is 1. The Kier molecular flexibility index (Phi) is 5.88. The zero-order valence-corrected chi connectivity index (χ0v) is 19.5. The molecule has 0 radical (unpaired) electrons. The van der Waals surface area contributed by atoms with E-state index in [2.05, 4.69) is 15.6 Å². The number of benzene rings is 2. The van der Waals surface area contributed by atoms with Crippen molar-refractivity contribution in [1.29, 1.82) is 0 Å². The van der Waals surface area contributed by atoms with Gasteiger partial charge in [-0.1, -0.05) is 30.3 Å². The molecule has 0 spiro atoms. The number of carbonyl (C=O) groups is 1. The Morgan fingerprint density at radius 1 is 1.00 bits per heavy atom. The number of methoxy groups -OCH3 is 2. The number of amides is 1. The Bertz CT molecular complexity index is 1410. The molecule has 1 aliphatic heterocycles. The first-order valence-corrected chi connectivity index (χ1v) is 11.0. The van der Waals surface area contributed by atoms with Gasteiger partial charge in [-0.2, -0.15) is 4.98 Å². The van der Waals surface area contributed by atoms with Crippen molar-refractivity contribution in [2.24, 2.45) is 0 Å². The largest absolute Gasteiger partial charge is 0.496 e. The normalized spacial score (nSPS) is 14.7. The van der Waals surface area contributed by atoms with Crippen LogP contribution >= 0.6 is 0 Å². The molecule has 35 heavy (non-hydrogen) atoms. The molecule has 176 valence electrons. The van der Waals surface area contributed by atoms with E-state index in [-0.39, 0.29) is 5.91 Å². The Morgan fingerprint density at radius 2 is 1.74 bits per heavy atom. The van der Waals surface area contributed by atoms with Gasteiger partial charge in [-0.15, -0.1) is 5.10 Å². The highest BCUT2D eigenvalue weighted by Gasteiger charge is 2.36. The number of fused-ring (bicyclic) bond motifs is 1. The molecule has 0 saturated carbocycles. The number of allylic oxidation sites excluding steroid dienone is 1. The highest BCUT2D eigenvalue weighted by Crippen LogP contribution is 2.40. The number of aromatic nitrogens is 4. The standard InChI is InChI=1S/C26H24N6O3/c1-16-22(25(33)29-17-9-8-14-27-15-17)23(18-10-4-6-12-20(18)34-2)32-26(28-16)30-24(31-32)19-11-5-7-13-21(19)35-3/h4-15,23H,1-3H3,(H,29,33)(H,28,30,31)/t23-/m1/s1. The topological polar surface area (TPSA) is 103 Å². The third-order valence-electron chi connectivity index (χ3n) is 5.80. The quantitative estimate of drug-likeness (QED) is 0.435. The molecule has 1 atom stereocenters. The SMILES string of the molecule is COc1ccccc1-c1nc2n(n1)[C@H](c1ccccc1OC)C(C(=O)Nc1cccnc1)=C(C)N2. The van der Waals surface area contributed by atoms with Crippen LogP contribution in [0.15, 0.2) is 84.3 Å². The van der Waals surface area contributed by atoms with E-state index < -0.39 is 6.04 Å². The molecule has 4 aromatic rings.